The summed E-state index contributed by atoms with van der Waals surface area (Å²) in [4.78, 5) is 11.6. The molecule has 0 heterocycles. The monoisotopic (exact) mass is 236 g/mol. The van der Waals surface area contributed by atoms with Crippen LogP contribution >= 0.6 is 0 Å². The van der Waals surface area contributed by atoms with Gasteiger partial charge >= 0.3 is 0 Å². The summed E-state index contributed by atoms with van der Waals surface area (Å²) in [5.74, 6) is -0.331. The minimum absolute atomic E-state index is 0.0715. The zero-order valence-electron chi connectivity index (χ0n) is 10.1. The lowest BCUT2D eigenvalue weighted by molar-refractivity contribution is -0.125. The van der Waals surface area contributed by atoms with Gasteiger partial charge in [-0.3, -0.25) is 4.79 Å². The summed E-state index contributed by atoms with van der Waals surface area (Å²) in [6, 6.07) is 9.51. The van der Waals surface area contributed by atoms with E-state index < -0.39 is 0 Å². The molecule has 17 heavy (non-hydrogen) atoms. The van der Waals surface area contributed by atoms with Crippen LogP contribution in [0.15, 0.2) is 30.3 Å². The van der Waals surface area contributed by atoms with Crippen LogP contribution in [-0.2, 0) is 11.2 Å². The molecule has 2 atom stereocenters. The SMILES string of the molecule is CC(CN)C(=O)NC(CO)Cc1ccccc1. The number of nitrogens with two attached hydrogens (primary N) is 1. The van der Waals surface area contributed by atoms with Crippen molar-refractivity contribution in [2.75, 3.05) is 13.2 Å². The van der Waals surface area contributed by atoms with Gasteiger partial charge in [-0.1, -0.05) is 37.3 Å². The molecule has 2 unspecified atom stereocenters. The molecule has 1 aromatic carbocycles. The van der Waals surface area contributed by atoms with E-state index in [4.69, 9.17) is 5.73 Å². The number of nitrogens with one attached hydrogen (secondary N) is 1. The predicted molar refractivity (Wildman–Crippen MR) is 67.4 cm³/mol. The topological polar surface area (TPSA) is 75.4 Å². The molecule has 0 bridgehead atoms. The molecule has 4 nitrogen and oxygen atoms in total. The summed E-state index contributed by atoms with van der Waals surface area (Å²) >= 11 is 0. The Hall–Kier alpha value is -1.39. The van der Waals surface area contributed by atoms with Crippen molar-refractivity contribution in [3.05, 3.63) is 35.9 Å². The molecule has 4 N–H and O–H groups in total. The molecular formula is C13H20N2O2. The van der Waals surface area contributed by atoms with Crippen LogP contribution in [0.3, 0.4) is 0 Å². The van der Waals surface area contributed by atoms with Crippen LogP contribution in [0.4, 0.5) is 0 Å². The molecule has 0 radical (unpaired) electrons. The van der Waals surface area contributed by atoms with Gasteiger partial charge in [0.05, 0.1) is 12.6 Å². The van der Waals surface area contributed by atoms with Gasteiger partial charge in [-0.15, -0.1) is 0 Å². The van der Waals surface area contributed by atoms with Crippen molar-refractivity contribution in [2.45, 2.75) is 19.4 Å². The molecule has 1 rings (SSSR count). The largest absolute Gasteiger partial charge is 0.394 e. The van der Waals surface area contributed by atoms with Gasteiger partial charge < -0.3 is 16.2 Å². The summed E-state index contributed by atoms with van der Waals surface area (Å²) < 4.78 is 0. The molecule has 0 aliphatic carbocycles. The minimum Gasteiger partial charge on any atom is -0.394 e. The van der Waals surface area contributed by atoms with E-state index >= 15 is 0 Å². The summed E-state index contributed by atoms with van der Waals surface area (Å²) in [6.07, 6.45) is 0.625. The van der Waals surface area contributed by atoms with Crippen molar-refractivity contribution in [1.29, 1.82) is 0 Å². The highest BCUT2D eigenvalue weighted by Gasteiger charge is 2.16. The number of rotatable bonds is 6. The minimum atomic E-state index is -0.251. The number of aliphatic hydroxyl groups is 1. The predicted octanol–water partition coefficient (Wildman–Crippen LogP) is 0.301. The quantitative estimate of drug-likeness (QED) is 0.665. The van der Waals surface area contributed by atoms with E-state index in [0.29, 0.717) is 13.0 Å². The van der Waals surface area contributed by atoms with Gasteiger partial charge in [0.1, 0.15) is 0 Å². The number of benzene rings is 1. The third-order valence-corrected chi connectivity index (χ3v) is 2.69. The summed E-state index contributed by atoms with van der Waals surface area (Å²) in [6.45, 7) is 2.01. The number of amides is 1. The Morgan fingerprint density at radius 3 is 2.59 bits per heavy atom. The molecule has 1 amide bonds. The molecule has 0 aliphatic heterocycles. The number of carbonyl (C=O) groups is 1. The van der Waals surface area contributed by atoms with Crippen molar-refractivity contribution < 1.29 is 9.90 Å². The standard InChI is InChI=1S/C13H20N2O2/c1-10(8-14)13(17)15-12(9-16)7-11-5-3-2-4-6-11/h2-6,10,12,16H,7-9,14H2,1H3,(H,15,17). The second-order valence-electron chi connectivity index (χ2n) is 4.21. The van der Waals surface area contributed by atoms with E-state index in [2.05, 4.69) is 5.32 Å². The van der Waals surface area contributed by atoms with Crippen LogP contribution in [0, 0.1) is 5.92 Å². The van der Waals surface area contributed by atoms with Gasteiger partial charge in [0.2, 0.25) is 5.91 Å². The maximum absolute atomic E-state index is 11.6. The van der Waals surface area contributed by atoms with Crippen molar-refractivity contribution >= 4 is 5.91 Å². The fourth-order valence-electron chi connectivity index (χ4n) is 1.51. The smallest absolute Gasteiger partial charge is 0.224 e. The fraction of sp³-hybridized carbons (Fsp3) is 0.462. The highest BCUT2D eigenvalue weighted by molar-refractivity contribution is 5.78. The van der Waals surface area contributed by atoms with Gasteiger partial charge in [-0.2, -0.15) is 0 Å². The Labute approximate surface area is 102 Å². The van der Waals surface area contributed by atoms with E-state index in [9.17, 15) is 9.90 Å². The molecule has 0 fully saturated rings. The summed E-state index contributed by atoms with van der Waals surface area (Å²) in [5, 5.41) is 12.0. The fourth-order valence-corrected chi connectivity index (χ4v) is 1.51. The lowest BCUT2D eigenvalue weighted by atomic mass is 10.1. The van der Waals surface area contributed by atoms with Crippen molar-refractivity contribution in [1.82, 2.24) is 5.32 Å². The third-order valence-electron chi connectivity index (χ3n) is 2.69. The van der Waals surface area contributed by atoms with Crippen LogP contribution in [0.25, 0.3) is 0 Å². The maximum Gasteiger partial charge on any atom is 0.224 e. The molecule has 0 saturated heterocycles. The first kappa shape index (κ1) is 13.7. The average Bonchev–Trinajstić information content (AvgIpc) is 2.38. The first-order chi connectivity index (χ1) is 8.17. The van der Waals surface area contributed by atoms with Crippen molar-refractivity contribution in [2.24, 2.45) is 11.7 Å². The highest BCUT2D eigenvalue weighted by atomic mass is 16.3. The van der Waals surface area contributed by atoms with E-state index in [1.54, 1.807) is 6.92 Å². The van der Waals surface area contributed by atoms with Gasteiger partial charge in [0, 0.05) is 12.5 Å². The molecule has 0 aliphatic rings. The lowest BCUT2D eigenvalue weighted by Crippen LogP contribution is -2.43. The zero-order valence-corrected chi connectivity index (χ0v) is 10.1. The zero-order chi connectivity index (χ0) is 12.7. The van der Waals surface area contributed by atoms with E-state index in [0.717, 1.165) is 5.56 Å². The molecule has 0 saturated carbocycles. The molecule has 0 spiro atoms. The number of hydrogen-bond acceptors (Lipinski definition) is 3. The van der Waals surface area contributed by atoms with E-state index in [1.807, 2.05) is 30.3 Å². The van der Waals surface area contributed by atoms with Crippen LogP contribution in [0.5, 0.6) is 0 Å². The van der Waals surface area contributed by atoms with E-state index in [-0.39, 0.29) is 24.5 Å². The number of hydrogen-bond donors (Lipinski definition) is 3. The Bertz CT molecular complexity index is 341. The van der Waals surface area contributed by atoms with Gasteiger partial charge in [0.15, 0.2) is 0 Å². The van der Waals surface area contributed by atoms with Gasteiger partial charge in [-0.05, 0) is 12.0 Å². The summed E-state index contributed by atoms with van der Waals surface area (Å²) in [7, 11) is 0. The normalized spacial score (nSPS) is 14.1. The maximum atomic E-state index is 11.6. The highest BCUT2D eigenvalue weighted by Crippen LogP contribution is 2.03. The molecule has 94 valence electrons. The average molecular weight is 236 g/mol. The van der Waals surface area contributed by atoms with Crippen molar-refractivity contribution in [3.63, 3.8) is 0 Å². The Morgan fingerprint density at radius 2 is 2.06 bits per heavy atom. The second kappa shape index (κ2) is 7.04. The van der Waals surface area contributed by atoms with Crippen LogP contribution in [0.2, 0.25) is 0 Å². The van der Waals surface area contributed by atoms with Crippen LogP contribution in [-0.4, -0.2) is 30.2 Å². The number of aliphatic hydroxyl groups excluding tert-OH is 1. The van der Waals surface area contributed by atoms with Gasteiger partial charge in [0.25, 0.3) is 0 Å². The van der Waals surface area contributed by atoms with Gasteiger partial charge in [-0.25, -0.2) is 0 Å². The first-order valence-corrected chi connectivity index (χ1v) is 5.82. The molecule has 1 aromatic rings. The van der Waals surface area contributed by atoms with Crippen LogP contribution in [0.1, 0.15) is 12.5 Å². The Kier molecular flexibility index (Phi) is 5.66. The molecular weight excluding hydrogens is 216 g/mol. The first-order valence-electron chi connectivity index (χ1n) is 5.82. The second-order valence-corrected chi connectivity index (χ2v) is 4.21. The lowest BCUT2D eigenvalue weighted by Gasteiger charge is -2.18. The van der Waals surface area contributed by atoms with Crippen LogP contribution < -0.4 is 11.1 Å². The number of carbonyl (C=O) groups excluding carboxylic acids is 1. The Morgan fingerprint density at radius 1 is 1.41 bits per heavy atom. The Balaban J connectivity index is 2.52. The van der Waals surface area contributed by atoms with E-state index in [1.165, 1.54) is 0 Å². The van der Waals surface area contributed by atoms with Crippen molar-refractivity contribution in [3.8, 4) is 0 Å². The molecule has 4 heteroatoms. The third kappa shape index (κ3) is 4.54. The summed E-state index contributed by atoms with van der Waals surface area (Å²) in [5.41, 5.74) is 6.51. The molecule has 0 aromatic heterocycles.